The lowest BCUT2D eigenvalue weighted by atomic mass is 9.66. The van der Waals surface area contributed by atoms with E-state index < -0.39 is 4.92 Å². The molecule has 2 aliphatic rings. The number of hydrogen-bond donors (Lipinski definition) is 1. The molecule has 0 radical (unpaired) electrons. The van der Waals surface area contributed by atoms with Gasteiger partial charge >= 0.3 is 0 Å². The summed E-state index contributed by atoms with van der Waals surface area (Å²) in [6.07, 6.45) is 3.31. The lowest BCUT2D eigenvalue weighted by molar-refractivity contribution is -0.384. The van der Waals surface area contributed by atoms with Crippen LogP contribution in [0.15, 0.2) is 24.3 Å². The van der Waals surface area contributed by atoms with E-state index in [1.165, 1.54) is 30.7 Å². The van der Waals surface area contributed by atoms with Crippen LogP contribution in [0.5, 0.6) is 0 Å². The fraction of sp³-hybridized carbons (Fsp3) is 0.611. The summed E-state index contributed by atoms with van der Waals surface area (Å²) in [7, 11) is 0. The molecule has 0 spiro atoms. The fourth-order valence-electron chi connectivity index (χ4n) is 4.24. The maximum absolute atomic E-state index is 12.9. The summed E-state index contributed by atoms with van der Waals surface area (Å²) in [5.74, 6) is 0.301. The van der Waals surface area contributed by atoms with E-state index in [-0.39, 0.29) is 22.5 Å². The van der Waals surface area contributed by atoms with Crippen molar-refractivity contribution in [2.75, 3.05) is 0 Å². The van der Waals surface area contributed by atoms with E-state index in [2.05, 4.69) is 33.1 Å². The van der Waals surface area contributed by atoms with Crippen LogP contribution in [0.2, 0.25) is 0 Å². The summed E-state index contributed by atoms with van der Waals surface area (Å²) in [5.41, 5.74) is 3.90. The number of fused-ring (bicyclic) bond motifs is 1. The molecule has 1 N–H and O–H groups in total. The maximum atomic E-state index is 12.9. The highest BCUT2D eigenvalue weighted by Gasteiger charge is 2.52. The van der Waals surface area contributed by atoms with Crippen LogP contribution in [0.1, 0.15) is 57.3 Å². The molecule has 3 rings (SSSR count). The van der Waals surface area contributed by atoms with Gasteiger partial charge in [0.1, 0.15) is 0 Å². The van der Waals surface area contributed by atoms with Crippen molar-refractivity contribution in [3.63, 3.8) is 0 Å². The van der Waals surface area contributed by atoms with Crippen LogP contribution in [-0.4, -0.2) is 27.4 Å². The third-order valence-electron chi connectivity index (χ3n) is 5.70. The molecule has 1 aliphatic carbocycles. The van der Waals surface area contributed by atoms with Gasteiger partial charge in [0.25, 0.3) is 11.6 Å². The topological polar surface area (TPSA) is 75.5 Å². The van der Waals surface area contributed by atoms with Crippen LogP contribution >= 0.6 is 0 Å². The molecule has 0 aromatic heterocycles. The zero-order valence-electron chi connectivity index (χ0n) is 14.7. The smallest absolute Gasteiger partial charge is 0.268 e. The number of nitrogens with one attached hydrogen (secondary N) is 1. The van der Waals surface area contributed by atoms with Crippen molar-refractivity contribution >= 4 is 11.6 Å². The number of carbonyl (C=O) groups excluding carboxylic acids is 1. The Morgan fingerprint density at radius 2 is 1.88 bits per heavy atom. The molecule has 1 amide bonds. The molecule has 2 atom stereocenters. The second-order valence-electron chi connectivity index (χ2n) is 8.35. The number of amides is 1. The zero-order valence-corrected chi connectivity index (χ0v) is 14.7. The molecule has 6 nitrogen and oxygen atoms in total. The van der Waals surface area contributed by atoms with Crippen molar-refractivity contribution in [2.45, 2.75) is 58.5 Å². The number of non-ortho nitro benzene ring substituents is 1. The molecule has 1 saturated carbocycles. The number of nitrogens with zero attached hydrogens (tertiary/aromatic N) is 2. The molecular weight excluding hydrogens is 306 g/mol. The standard InChI is InChI=1S/C18H25N3O3/c1-17(2)10-9-14-15(11-17)19-20(18(14,3)4)16(22)12-5-7-13(8-6-12)21(23)24/h5-8,14-15,19H,9-11H2,1-4H3. The van der Waals surface area contributed by atoms with Crippen molar-refractivity contribution in [1.82, 2.24) is 10.4 Å². The Balaban J connectivity index is 1.83. The van der Waals surface area contributed by atoms with Gasteiger partial charge in [-0.1, -0.05) is 13.8 Å². The van der Waals surface area contributed by atoms with Crippen LogP contribution in [0.3, 0.4) is 0 Å². The molecule has 6 heteroatoms. The summed E-state index contributed by atoms with van der Waals surface area (Å²) in [6.45, 7) is 8.76. The summed E-state index contributed by atoms with van der Waals surface area (Å²) in [6, 6.07) is 6.12. The van der Waals surface area contributed by atoms with E-state index in [1.807, 2.05) is 0 Å². The van der Waals surface area contributed by atoms with Crippen LogP contribution in [0.4, 0.5) is 5.69 Å². The highest BCUT2D eigenvalue weighted by atomic mass is 16.6. The van der Waals surface area contributed by atoms with Gasteiger partial charge < -0.3 is 0 Å². The van der Waals surface area contributed by atoms with E-state index in [1.54, 1.807) is 5.01 Å². The quantitative estimate of drug-likeness (QED) is 0.664. The highest BCUT2D eigenvalue weighted by molar-refractivity contribution is 5.94. The predicted octanol–water partition coefficient (Wildman–Crippen LogP) is 3.53. The van der Waals surface area contributed by atoms with E-state index >= 15 is 0 Å². The van der Waals surface area contributed by atoms with Gasteiger partial charge in [-0.25, -0.2) is 5.43 Å². The summed E-state index contributed by atoms with van der Waals surface area (Å²) in [4.78, 5) is 23.3. The molecule has 2 fully saturated rings. The third-order valence-corrected chi connectivity index (χ3v) is 5.70. The highest BCUT2D eigenvalue weighted by Crippen LogP contribution is 2.47. The van der Waals surface area contributed by atoms with Crippen LogP contribution < -0.4 is 5.43 Å². The SMILES string of the molecule is CC1(C)CCC2C(C1)NN(C(=O)c1ccc([N+](=O)[O-])cc1)C2(C)C. The number of hydrogen-bond acceptors (Lipinski definition) is 4. The van der Waals surface area contributed by atoms with Gasteiger partial charge in [0.2, 0.25) is 0 Å². The molecule has 130 valence electrons. The first kappa shape index (κ1) is 16.9. The Morgan fingerprint density at radius 3 is 2.46 bits per heavy atom. The van der Waals surface area contributed by atoms with Gasteiger partial charge in [-0.2, -0.15) is 0 Å². The number of nitro benzene ring substituents is 1. The first-order valence-corrected chi connectivity index (χ1v) is 8.47. The minimum atomic E-state index is -0.455. The summed E-state index contributed by atoms with van der Waals surface area (Å²) < 4.78 is 0. The molecule has 0 bridgehead atoms. The number of rotatable bonds is 2. The van der Waals surface area contributed by atoms with Crippen molar-refractivity contribution in [3.8, 4) is 0 Å². The molecule has 1 saturated heterocycles. The largest absolute Gasteiger partial charge is 0.269 e. The monoisotopic (exact) mass is 331 g/mol. The Labute approximate surface area is 142 Å². The Kier molecular flexibility index (Phi) is 3.91. The summed E-state index contributed by atoms with van der Waals surface area (Å²) >= 11 is 0. The summed E-state index contributed by atoms with van der Waals surface area (Å²) in [5, 5.41) is 12.5. The van der Waals surface area contributed by atoms with Gasteiger partial charge in [-0.15, -0.1) is 0 Å². The second kappa shape index (κ2) is 5.55. The van der Waals surface area contributed by atoms with Gasteiger partial charge in [0.15, 0.2) is 0 Å². The predicted molar refractivity (Wildman–Crippen MR) is 91.4 cm³/mol. The van der Waals surface area contributed by atoms with Crippen LogP contribution in [-0.2, 0) is 0 Å². The number of benzene rings is 1. The van der Waals surface area contributed by atoms with Crippen molar-refractivity contribution in [2.24, 2.45) is 11.3 Å². The zero-order chi connectivity index (χ0) is 17.7. The molecule has 1 heterocycles. The minimum Gasteiger partial charge on any atom is -0.268 e. The minimum absolute atomic E-state index is 0.00406. The van der Waals surface area contributed by atoms with Crippen LogP contribution in [0, 0.1) is 21.4 Å². The Bertz CT molecular complexity index is 667. The van der Waals surface area contributed by atoms with Gasteiger partial charge in [-0.3, -0.25) is 19.9 Å². The third kappa shape index (κ3) is 2.79. The Morgan fingerprint density at radius 1 is 1.25 bits per heavy atom. The van der Waals surface area contributed by atoms with E-state index in [0.717, 1.165) is 12.8 Å². The number of hydrazine groups is 1. The molecule has 1 aromatic rings. The van der Waals surface area contributed by atoms with Crippen molar-refractivity contribution in [1.29, 1.82) is 0 Å². The van der Waals surface area contributed by atoms with Crippen LogP contribution in [0.25, 0.3) is 0 Å². The van der Waals surface area contributed by atoms with Crippen molar-refractivity contribution in [3.05, 3.63) is 39.9 Å². The normalized spacial score (nSPS) is 27.6. The average Bonchev–Trinajstić information content (AvgIpc) is 2.75. The van der Waals surface area contributed by atoms with E-state index in [0.29, 0.717) is 17.5 Å². The van der Waals surface area contributed by atoms with Gasteiger partial charge in [0, 0.05) is 29.7 Å². The van der Waals surface area contributed by atoms with Gasteiger partial charge in [-0.05, 0) is 50.7 Å². The lowest BCUT2D eigenvalue weighted by Gasteiger charge is -2.40. The van der Waals surface area contributed by atoms with Crippen molar-refractivity contribution < 1.29 is 9.72 Å². The molecule has 24 heavy (non-hydrogen) atoms. The first-order valence-electron chi connectivity index (χ1n) is 8.47. The number of carbonyl (C=O) groups is 1. The lowest BCUT2D eigenvalue weighted by Crippen LogP contribution is -2.50. The van der Waals surface area contributed by atoms with Gasteiger partial charge in [0.05, 0.1) is 10.5 Å². The molecule has 2 unspecified atom stereocenters. The Hall–Kier alpha value is -1.95. The average molecular weight is 331 g/mol. The maximum Gasteiger partial charge on any atom is 0.269 e. The molecule has 1 aliphatic heterocycles. The molecule has 1 aromatic carbocycles. The van der Waals surface area contributed by atoms with E-state index in [9.17, 15) is 14.9 Å². The molecular formula is C18H25N3O3. The number of nitro groups is 1. The second-order valence-corrected chi connectivity index (χ2v) is 8.35. The van der Waals surface area contributed by atoms with E-state index in [4.69, 9.17) is 0 Å². The first-order chi connectivity index (χ1) is 11.1. The fourth-order valence-corrected chi connectivity index (χ4v) is 4.24.